The van der Waals surface area contributed by atoms with Crippen LogP contribution in [0.3, 0.4) is 0 Å². The number of carbonyl (C=O) groups excluding carboxylic acids is 3. The molecular formula is C23H26N2O5. The molecule has 7 heteroatoms. The van der Waals surface area contributed by atoms with E-state index in [0.717, 1.165) is 30.0 Å². The number of esters is 1. The first-order valence-electron chi connectivity index (χ1n) is 10.1. The van der Waals surface area contributed by atoms with Gasteiger partial charge in [-0.15, -0.1) is 0 Å². The normalized spacial score (nSPS) is 13.2. The second-order valence-electron chi connectivity index (χ2n) is 6.95. The minimum Gasteiger partial charge on any atom is -0.494 e. The maximum Gasteiger partial charge on any atom is 0.306 e. The number of nitrogens with zero attached hydrogens (tertiary/aromatic N) is 1. The molecule has 0 atom stereocenters. The quantitative estimate of drug-likeness (QED) is 0.641. The highest BCUT2D eigenvalue weighted by molar-refractivity contribution is 5.96. The van der Waals surface area contributed by atoms with Crippen molar-refractivity contribution in [1.82, 2.24) is 0 Å². The van der Waals surface area contributed by atoms with E-state index in [0.29, 0.717) is 25.1 Å². The van der Waals surface area contributed by atoms with Gasteiger partial charge in [0.1, 0.15) is 5.75 Å². The largest absolute Gasteiger partial charge is 0.494 e. The van der Waals surface area contributed by atoms with Gasteiger partial charge in [-0.1, -0.05) is 18.2 Å². The lowest BCUT2D eigenvalue weighted by molar-refractivity contribution is -0.147. The number of rotatable bonds is 9. The maximum absolute atomic E-state index is 12.1. The minimum atomic E-state index is -0.445. The smallest absolute Gasteiger partial charge is 0.306 e. The van der Waals surface area contributed by atoms with Crippen LogP contribution in [0.25, 0.3) is 0 Å². The highest BCUT2D eigenvalue weighted by Crippen LogP contribution is 2.23. The Morgan fingerprint density at radius 2 is 1.87 bits per heavy atom. The molecule has 2 aromatic rings. The summed E-state index contributed by atoms with van der Waals surface area (Å²) in [4.78, 5) is 37.6. The Hall–Kier alpha value is -3.35. The molecule has 0 bridgehead atoms. The number of hydrogen-bond donors (Lipinski definition) is 1. The van der Waals surface area contributed by atoms with Crippen LogP contribution in [0, 0.1) is 0 Å². The zero-order valence-corrected chi connectivity index (χ0v) is 17.1. The van der Waals surface area contributed by atoms with Gasteiger partial charge in [-0.3, -0.25) is 14.4 Å². The first-order chi connectivity index (χ1) is 14.6. The van der Waals surface area contributed by atoms with Gasteiger partial charge in [0, 0.05) is 30.8 Å². The Morgan fingerprint density at radius 1 is 1.10 bits per heavy atom. The first kappa shape index (κ1) is 21.4. The highest BCUT2D eigenvalue weighted by atomic mass is 16.5. The van der Waals surface area contributed by atoms with E-state index in [4.69, 9.17) is 9.47 Å². The molecule has 1 heterocycles. The van der Waals surface area contributed by atoms with E-state index in [9.17, 15) is 14.4 Å². The molecule has 1 aliphatic rings. The molecule has 1 saturated heterocycles. The Labute approximate surface area is 176 Å². The fourth-order valence-corrected chi connectivity index (χ4v) is 3.30. The topological polar surface area (TPSA) is 84.9 Å². The van der Waals surface area contributed by atoms with E-state index in [1.54, 1.807) is 29.2 Å². The van der Waals surface area contributed by atoms with Gasteiger partial charge in [0.2, 0.25) is 5.91 Å². The minimum absolute atomic E-state index is 0.113. The van der Waals surface area contributed by atoms with Crippen molar-refractivity contribution in [1.29, 1.82) is 0 Å². The fraction of sp³-hybridized carbons (Fsp3) is 0.348. The lowest BCUT2D eigenvalue weighted by Crippen LogP contribution is -2.24. The van der Waals surface area contributed by atoms with Crippen molar-refractivity contribution < 1.29 is 23.9 Å². The van der Waals surface area contributed by atoms with Crippen LogP contribution in [0.5, 0.6) is 5.75 Å². The van der Waals surface area contributed by atoms with Crippen LogP contribution < -0.4 is 15.0 Å². The second kappa shape index (κ2) is 10.4. The van der Waals surface area contributed by atoms with Gasteiger partial charge in [0.15, 0.2) is 6.61 Å². The average Bonchev–Trinajstić information content (AvgIpc) is 3.18. The zero-order valence-electron chi connectivity index (χ0n) is 17.1. The van der Waals surface area contributed by atoms with Crippen LogP contribution in [0.4, 0.5) is 11.4 Å². The number of amides is 2. The lowest BCUT2D eigenvalue weighted by atomic mass is 10.1. The molecule has 0 saturated carbocycles. The number of aryl methyl sites for hydroxylation is 1. The number of ether oxygens (including phenoxy) is 2. The molecule has 7 nitrogen and oxygen atoms in total. The standard InChI is InChI=1S/C23H26N2O5/c1-2-29-20-7-4-3-6-17(20)9-14-23(28)30-16-21(26)24-18-10-12-19(13-11-18)25-15-5-8-22(25)27/h3-4,6-7,10-13H,2,5,8-9,14-16H2,1H3,(H,24,26). The third-order valence-corrected chi connectivity index (χ3v) is 4.77. The SMILES string of the molecule is CCOc1ccccc1CCC(=O)OCC(=O)Nc1ccc(N2CCCC2=O)cc1. The Balaban J connectivity index is 1.42. The lowest BCUT2D eigenvalue weighted by Gasteiger charge is -2.16. The van der Waals surface area contributed by atoms with Gasteiger partial charge in [0.05, 0.1) is 6.61 Å². The molecule has 0 aromatic heterocycles. The van der Waals surface area contributed by atoms with Crippen LogP contribution in [0.2, 0.25) is 0 Å². The molecule has 1 aliphatic heterocycles. The van der Waals surface area contributed by atoms with E-state index in [2.05, 4.69) is 5.32 Å². The van der Waals surface area contributed by atoms with E-state index in [1.807, 2.05) is 31.2 Å². The number of anilines is 2. The second-order valence-corrected chi connectivity index (χ2v) is 6.95. The summed E-state index contributed by atoms with van der Waals surface area (Å²) in [6.07, 6.45) is 2.07. The van der Waals surface area contributed by atoms with Crippen molar-refractivity contribution >= 4 is 29.2 Å². The zero-order chi connectivity index (χ0) is 21.3. The third-order valence-electron chi connectivity index (χ3n) is 4.77. The monoisotopic (exact) mass is 410 g/mol. The molecule has 0 radical (unpaired) electrons. The Morgan fingerprint density at radius 3 is 2.57 bits per heavy atom. The molecule has 0 unspecified atom stereocenters. The van der Waals surface area contributed by atoms with Crippen LogP contribution in [-0.2, 0) is 25.5 Å². The van der Waals surface area contributed by atoms with Crippen LogP contribution in [0.1, 0.15) is 31.7 Å². The van der Waals surface area contributed by atoms with Crippen LogP contribution >= 0.6 is 0 Å². The Bertz CT molecular complexity index is 895. The molecule has 1 fully saturated rings. The molecule has 0 aliphatic carbocycles. The summed E-state index contributed by atoms with van der Waals surface area (Å²) >= 11 is 0. The van der Waals surface area contributed by atoms with Crippen molar-refractivity contribution in [3.8, 4) is 5.75 Å². The van der Waals surface area contributed by atoms with E-state index in [-0.39, 0.29) is 18.9 Å². The first-order valence-corrected chi connectivity index (χ1v) is 10.1. The fourth-order valence-electron chi connectivity index (χ4n) is 3.30. The molecular weight excluding hydrogens is 384 g/mol. The number of para-hydroxylation sites is 1. The van der Waals surface area contributed by atoms with E-state index >= 15 is 0 Å². The average molecular weight is 410 g/mol. The number of hydrogen-bond acceptors (Lipinski definition) is 5. The van der Waals surface area contributed by atoms with Gasteiger partial charge in [-0.05, 0) is 55.7 Å². The van der Waals surface area contributed by atoms with Gasteiger partial charge < -0.3 is 19.7 Å². The van der Waals surface area contributed by atoms with Crippen LogP contribution in [0.15, 0.2) is 48.5 Å². The Kier molecular flexibility index (Phi) is 7.43. The van der Waals surface area contributed by atoms with Crippen molar-refractivity contribution in [3.63, 3.8) is 0 Å². The molecule has 158 valence electrons. The summed E-state index contributed by atoms with van der Waals surface area (Å²) in [5.41, 5.74) is 2.32. The molecule has 2 amide bonds. The van der Waals surface area contributed by atoms with Crippen molar-refractivity contribution in [2.24, 2.45) is 0 Å². The summed E-state index contributed by atoms with van der Waals surface area (Å²) in [5.74, 6) is 0.00890. The molecule has 2 aromatic carbocycles. The van der Waals surface area contributed by atoms with Crippen molar-refractivity contribution in [3.05, 3.63) is 54.1 Å². The van der Waals surface area contributed by atoms with Crippen LogP contribution in [-0.4, -0.2) is 37.5 Å². The molecule has 30 heavy (non-hydrogen) atoms. The molecule has 0 spiro atoms. The highest BCUT2D eigenvalue weighted by Gasteiger charge is 2.21. The van der Waals surface area contributed by atoms with Crippen molar-refractivity contribution in [2.75, 3.05) is 30.0 Å². The van der Waals surface area contributed by atoms with E-state index in [1.165, 1.54) is 0 Å². The van der Waals surface area contributed by atoms with Gasteiger partial charge in [-0.2, -0.15) is 0 Å². The van der Waals surface area contributed by atoms with Gasteiger partial charge >= 0.3 is 5.97 Å². The predicted octanol–water partition coefficient (Wildman–Crippen LogP) is 3.33. The summed E-state index contributed by atoms with van der Waals surface area (Å²) in [7, 11) is 0. The number of carbonyl (C=O) groups is 3. The maximum atomic E-state index is 12.1. The third kappa shape index (κ3) is 5.83. The van der Waals surface area contributed by atoms with Gasteiger partial charge in [-0.25, -0.2) is 0 Å². The summed E-state index contributed by atoms with van der Waals surface area (Å²) in [6.45, 7) is 2.83. The molecule has 1 N–H and O–H groups in total. The predicted molar refractivity (Wildman–Crippen MR) is 114 cm³/mol. The number of nitrogens with one attached hydrogen (secondary N) is 1. The number of benzene rings is 2. The van der Waals surface area contributed by atoms with Gasteiger partial charge in [0.25, 0.3) is 5.91 Å². The summed E-state index contributed by atoms with van der Waals surface area (Å²) in [5, 5.41) is 2.69. The summed E-state index contributed by atoms with van der Waals surface area (Å²) < 4.78 is 10.6. The van der Waals surface area contributed by atoms with E-state index < -0.39 is 11.9 Å². The van der Waals surface area contributed by atoms with Crippen molar-refractivity contribution in [2.45, 2.75) is 32.6 Å². The molecule has 3 rings (SSSR count). The summed E-state index contributed by atoms with van der Waals surface area (Å²) in [6, 6.07) is 14.6.